The van der Waals surface area contributed by atoms with E-state index >= 15 is 0 Å². The lowest BCUT2D eigenvalue weighted by atomic mass is 10.2. The second-order valence-corrected chi connectivity index (χ2v) is 4.79. The molecule has 1 heterocycles. The first-order valence-corrected chi connectivity index (χ1v) is 6.67. The Hall–Kier alpha value is -2.49. The summed E-state index contributed by atoms with van der Waals surface area (Å²) in [7, 11) is 3.18. The fourth-order valence-corrected chi connectivity index (χ4v) is 2.48. The van der Waals surface area contributed by atoms with Crippen LogP contribution in [0.3, 0.4) is 0 Å². The van der Waals surface area contributed by atoms with Gasteiger partial charge in [-0.05, 0) is 24.3 Å². The second-order valence-electron chi connectivity index (χ2n) is 4.79. The summed E-state index contributed by atoms with van der Waals surface area (Å²) < 4.78 is 26.4. The van der Waals surface area contributed by atoms with E-state index in [0.29, 0.717) is 17.9 Å². The molecule has 3 aromatic rings. The number of halogens is 1. The normalized spacial score (nSPS) is 10.8. The average molecular weight is 285 g/mol. The van der Waals surface area contributed by atoms with Crippen molar-refractivity contribution in [2.45, 2.75) is 6.54 Å². The topological polar surface area (TPSA) is 23.4 Å². The maximum absolute atomic E-state index is 14.1. The number of ether oxygens (including phenoxy) is 2. The van der Waals surface area contributed by atoms with Crippen LogP contribution in [0.15, 0.2) is 48.7 Å². The smallest absolute Gasteiger partial charge is 0.131 e. The molecule has 0 spiro atoms. The summed E-state index contributed by atoms with van der Waals surface area (Å²) in [5.74, 6) is 1.08. The highest BCUT2D eigenvalue weighted by Crippen LogP contribution is 2.27. The lowest BCUT2D eigenvalue weighted by molar-refractivity contribution is 0.410. The Bertz CT molecular complexity index is 780. The number of rotatable bonds is 4. The maximum Gasteiger partial charge on any atom is 0.131 e. The minimum atomic E-state index is -0.265. The Morgan fingerprint density at radius 3 is 2.62 bits per heavy atom. The van der Waals surface area contributed by atoms with Crippen LogP contribution in [0.2, 0.25) is 0 Å². The van der Waals surface area contributed by atoms with Gasteiger partial charge in [-0.1, -0.05) is 12.1 Å². The first-order chi connectivity index (χ1) is 10.2. The van der Waals surface area contributed by atoms with Gasteiger partial charge >= 0.3 is 0 Å². The summed E-state index contributed by atoms with van der Waals surface area (Å²) >= 11 is 0. The first kappa shape index (κ1) is 13.5. The van der Waals surface area contributed by atoms with E-state index < -0.39 is 0 Å². The molecule has 0 saturated carbocycles. The monoisotopic (exact) mass is 285 g/mol. The molecule has 0 fully saturated rings. The van der Waals surface area contributed by atoms with Crippen molar-refractivity contribution in [2.24, 2.45) is 0 Å². The molecular formula is C17H16FNO2. The molecule has 4 heteroatoms. The van der Waals surface area contributed by atoms with E-state index in [-0.39, 0.29) is 5.82 Å². The molecule has 21 heavy (non-hydrogen) atoms. The molecule has 0 radical (unpaired) electrons. The molecule has 3 nitrogen and oxygen atoms in total. The summed E-state index contributed by atoms with van der Waals surface area (Å²) in [5.41, 5.74) is 1.64. The maximum atomic E-state index is 14.1. The minimum Gasteiger partial charge on any atom is -0.497 e. The summed E-state index contributed by atoms with van der Waals surface area (Å²) in [6.45, 7) is 0.465. The Morgan fingerprint density at radius 2 is 1.90 bits per heavy atom. The molecular weight excluding hydrogens is 269 g/mol. The number of aromatic nitrogens is 1. The van der Waals surface area contributed by atoms with Crippen molar-refractivity contribution in [1.29, 1.82) is 0 Å². The van der Waals surface area contributed by atoms with E-state index in [0.717, 1.165) is 16.7 Å². The highest BCUT2D eigenvalue weighted by Gasteiger charge is 2.09. The number of methoxy groups -OCH3 is 2. The Balaban J connectivity index is 1.99. The van der Waals surface area contributed by atoms with Gasteiger partial charge in [-0.2, -0.15) is 0 Å². The third kappa shape index (κ3) is 2.44. The van der Waals surface area contributed by atoms with Gasteiger partial charge in [-0.15, -0.1) is 0 Å². The fraction of sp³-hybridized carbons (Fsp3) is 0.176. The molecule has 0 unspecified atom stereocenters. The van der Waals surface area contributed by atoms with Gasteiger partial charge in [0.25, 0.3) is 0 Å². The van der Waals surface area contributed by atoms with E-state index in [1.54, 1.807) is 19.2 Å². The molecule has 108 valence electrons. The van der Waals surface area contributed by atoms with E-state index in [1.165, 1.54) is 13.2 Å². The van der Waals surface area contributed by atoms with Crippen molar-refractivity contribution in [2.75, 3.05) is 14.2 Å². The molecule has 0 amide bonds. The minimum absolute atomic E-state index is 0.265. The molecule has 0 aliphatic carbocycles. The molecule has 0 bridgehead atoms. The molecule has 0 atom stereocenters. The number of hydrogen-bond donors (Lipinski definition) is 0. The standard InChI is InChI=1S/C17H16FNO2/c1-20-13-7-6-12(15(18)10-13)11-19-9-8-14-16(19)4-3-5-17(14)21-2/h3-10H,11H2,1-2H3. The van der Waals surface area contributed by atoms with E-state index in [1.807, 2.05) is 35.0 Å². The molecule has 0 aliphatic heterocycles. The third-order valence-electron chi connectivity index (χ3n) is 3.59. The van der Waals surface area contributed by atoms with Gasteiger partial charge in [0.05, 0.1) is 26.3 Å². The largest absolute Gasteiger partial charge is 0.497 e. The Morgan fingerprint density at radius 1 is 1.05 bits per heavy atom. The fourth-order valence-electron chi connectivity index (χ4n) is 2.48. The molecule has 0 N–H and O–H groups in total. The highest BCUT2D eigenvalue weighted by atomic mass is 19.1. The Kier molecular flexibility index (Phi) is 3.52. The Labute approximate surface area is 122 Å². The van der Waals surface area contributed by atoms with Crippen molar-refractivity contribution in [1.82, 2.24) is 4.57 Å². The number of fused-ring (bicyclic) bond motifs is 1. The van der Waals surface area contributed by atoms with Crippen LogP contribution in [0, 0.1) is 5.82 Å². The lowest BCUT2D eigenvalue weighted by Gasteiger charge is -2.09. The van der Waals surface area contributed by atoms with Crippen molar-refractivity contribution in [3.05, 3.63) is 60.0 Å². The van der Waals surface area contributed by atoms with Crippen molar-refractivity contribution in [3.63, 3.8) is 0 Å². The van der Waals surface area contributed by atoms with Crippen LogP contribution in [0.4, 0.5) is 4.39 Å². The summed E-state index contributed by atoms with van der Waals surface area (Å²) in [4.78, 5) is 0. The molecule has 0 saturated heterocycles. The molecule has 3 rings (SSSR count). The van der Waals surface area contributed by atoms with Crippen LogP contribution < -0.4 is 9.47 Å². The molecule has 2 aromatic carbocycles. The van der Waals surface area contributed by atoms with Gasteiger partial charge < -0.3 is 14.0 Å². The van der Waals surface area contributed by atoms with Gasteiger partial charge in [0, 0.05) is 23.2 Å². The van der Waals surface area contributed by atoms with Gasteiger partial charge in [0.15, 0.2) is 0 Å². The summed E-state index contributed by atoms with van der Waals surface area (Å²) in [6, 6.07) is 12.8. The van der Waals surface area contributed by atoms with Crippen molar-refractivity contribution in [3.8, 4) is 11.5 Å². The van der Waals surface area contributed by atoms with Gasteiger partial charge in [-0.25, -0.2) is 4.39 Å². The van der Waals surface area contributed by atoms with Crippen molar-refractivity contribution < 1.29 is 13.9 Å². The first-order valence-electron chi connectivity index (χ1n) is 6.67. The SMILES string of the molecule is COc1ccc(Cn2ccc3c(OC)cccc32)c(F)c1. The quantitative estimate of drug-likeness (QED) is 0.727. The van der Waals surface area contributed by atoms with Crippen LogP contribution in [0.1, 0.15) is 5.56 Å². The van der Waals surface area contributed by atoms with Crippen LogP contribution in [0.25, 0.3) is 10.9 Å². The van der Waals surface area contributed by atoms with Crippen LogP contribution in [-0.2, 0) is 6.54 Å². The van der Waals surface area contributed by atoms with Crippen molar-refractivity contribution >= 4 is 10.9 Å². The predicted octanol–water partition coefficient (Wildman–Crippen LogP) is 3.85. The number of nitrogens with zero attached hydrogens (tertiary/aromatic N) is 1. The number of benzene rings is 2. The van der Waals surface area contributed by atoms with E-state index in [2.05, 4.69) is 0 Å². The molecule has 1 aromatic heterocycles. The third-order valence-corrected chi connectivity index (χ3v) is 3.59. The van der Waals surface area contributed by atoms with Crippen LogP contribution in [0.5, 0.6) is 11.5 Å². The van der Waals surface area contributed by atoms with Crippen LogP contribution >= 0.6 is 0 Å². The van der Waals surface area contributed by atoms with Crippen LogP contribution in [-0.4, -0.2) is 18.8 Å². The summed E-state index contributed by atoms with van der Waals surface area (Å²) in [5, 5.41) is 1.02. The zero-order valence-electron chi connectivity index (χ0n) is 12.0. The van der Waals surface area contributed by atoms with Gasteiger partial charge in [0.1, 0.15) is 17.3 Å². The second kappa shape index (κ2) is 5.48. The summed E-state index contributed by atoms with van der Waals surface area (Å²) in [6.07, 6.45) is 1.94. The predicted molar refractivity (Wildman–Crippen MR) is 80.5 cm³/mol. The average Bonchev–Trinajstić information content (AvgIpc) is 2.92. The van der Waals surface area contributed by atoms with Gasteiger partial charge in [0.2, 0.25) is 0 Å². The zero-order chi connectivity index (χ0) is 14.8. The van der Waals surface area contributed by atoms with E-state index in [9.17, 15) is 4.39 Å². The van der Waals surface area contributed by atoms with E-state index in [4.69, 9.17) is 9.47 Å². The lowest BCUT2D eigenvalue weighted by Crippen LogP contribution is -2.01. The molecule has 0 aliphatic rings. The zero-order valence-corrected chi connectivity index (χ0v) is 12.0. The highest BCUT2D eigenvalue weighted by molar-refractivity contribution is 5.86. The van der Waals surface area contributed by atoms with Gasteiger partial charge in [-0.3, -0.25) is 0 Å². The number of hydrogen-bond acceptors (Lipinski definition) is 2.